The number of rotatable bonds is 5. The Morgan fingerprint density at radius 3 is 2.81 bits per heavy atom. The van der Waals surface area contributed by atoms with Gasteiger partial charge in [-0.25, -0.2) is 0 Å². The number of piperidine rings is 2. The smallest absolute Gasteiger partial charge is 0.235 e. The number of likely N-dealkylation sites (tertiary alicyclic amines) is 1. The molecule has 2 N–H and O–H groups in total. The number of hydrogen-bond donors (Lipinski definition) is 2. The van der Waals surface area contributed by atoms with Crippen LogP contribution in [0.25, 0.3) is 10.9 Å². The van der Waals surface area contributed by atoms with Crippen molar-refractivity contribution in [2.45, 2.75) is 44.1 Å². The molecule has 3 fully saturated rings. The van der Waals surface area contributed by atoms with Crippen LogP contribution < -0.4 is 15.4 Å². The molecule has 31 heavy (non-hydrogen) atoms. The van der Waals surface area contributed by atoms with Crippen LogP contribution in [0.3, 0.4) is 0 Å². The number of aromatic nitrogens is 2. The Kier molecular flexibility index (Phi) is 5.67. The van der Waals surface area contributed by atoms with E-state index in [0.29, 0.717) is 12.8 Å². The summed E-state index contributed by atoms with van der Waals surface area (Å²) in [5.41, 5.74) is 1.69. The summed E-state index contributed by atoms with van der Waals surface area (Å²) in [5.74, 6) is 0.807. The highest BCUT2D eigenvalue weighted by molar-refractivity contribution is 6.02. The monoisotopic (exact) mass is 425 g/mol. The lowest BCUT2D eigenvalue weighted by atomic mass is 9.93. The summed E-state index contributed by atoms with van der Waals surface area (Å²) >= 11 is 0. The van der Waals surface area contributed by atoms with Gasteiger partial charge in [-0.3, -0.25) is 24.5 Å². The van der Waals surface area contributed by atoms with Crippen LogP contribution in [0.2, 0.25) is 0 Å². The third kappa shape index (κ3) is 4.32. The number of hydrogen-bond acceptors (Lipinski definition) is 6. The van der Waals surface area contributed by atoms with Crippen LogP contribution in [-0.4, -0.2) is 65.3 Å². The van der Waals surface area contributed by atoms with Gasteiger partial charge in [-0.2, -0.15) is 5.10 Å². The van der Waals surface area contributed by atoms with Crippen molar-refractivity contribution < 1.29 is 14.3 Å². The average molecular weight is 426 g/mol. The van der Waals surface area contributed by atoms with Gasteiger partial charge in [-0.15, -0.1) is 0 Å². The number of carbonyl (C=O) groups excluding carboxylic acids is 2. The van der Waals surface area contributed by atoms with Gasteiger partial charge in [-0.05, 0) is 56.8 Å². The van der Waals surface area contributed by atoms with E-state index in [9.17, 15) is 9.59 Å². The molecule has 8 nitrogen and oxygen atoms in total. The molecule has 1 aromatic carbocycles. The Morgan fingerprint density at radius 2 is 2.00 bits per heavy atom. The largest absolute Gasteiger partial charge is 0.489 e. The Balaban J connectivity index is 1.26. The Morgan fingerprint density at radius 1 is 1.16 bits per heavy atom. The molecule has 2 aromatic rings. The molecule has 2 amide bonds. The van der Waals surface area contributed by atoms with Gasteiger partial charge in [0.05, 0.1) is 17.1 Å². The van der Waals surface area contributed by atoms with Crippen molar-refractivity contribution in [1.29, 1.82) is 0 Å². The highest BCUT2D eigenvalue weighted by atomic mass is 16.5. The Labute approximate surface area is 182 Å². The van der Waals surface area contributed by atoms with Crippen molar-refractivity contribution in [3.8, 4) is 5.75 Å². The number of amides is 2. The SMILES string of the molecule is Cn1nc(C2CCC(=O)NC2=O)c2ccc(O[C@@H]3CCN(CC4CCNCC4)C3)cc21. The number of fused-ring (bicyclic) bond motifs is 1. The number of ether oxygens (including phenoxy) is 1. The van der Waals surface area contributed by atoms with E-state index >= 15 is 0 Å². The van der Waals surface area contributed by atoms with Crippen LogP contribution in [0, 0.1) is 5.92 Å². The molecule has 1 unspecified atom stereocenters. The first kappa shape index (κ1) is 20.5. The molecule has 8 heteroatoms. The summed E-state index contributed by atoms with van der Waals surface area (Å²) in [6.07, 6.45) is 4.66. The Bertz CT molecular complexity index is 981. The summed E-state index contributed by atoms with van der Waals surface area (Å²) in [4.78, 5) is 26.3. The molecular formula is C23H31N5O3. The molecule has 3 saturated heterocycles. The van der Waals surface area contributed by atoms with E-state index < -0.39 is 0 Å². The van der Waals surface area contributed by atoms with Crippen molar-refractivity contribution >= 4 is 22.7 Å². The molecule has 1 aromatic heterocycles. The summed E-state index contributed by atoms with van der Waals surface area (Å²) in [6.45, 7) is 5.54. The van der Waals surface area contributed by atoms with Crippen molar-refractivity contribution in [1.82, 2.24) is 25.3 Å². The van der Waals surface area contributed by atoms with E-state index in [4.69, 9.17) is 4.74 Å². The van der Waals surface area contributed by atoms with Crippen LogP contribution in [0.4, 0.5) is 0 Å². The predicted octanol–water partition coefficient (Wildman–Crippen LogP) is 1.55. The highest BCUT2D eigenvalue weighted by Crippen LogP contribution is 2.32. The van der Waals surface area contributed by atoms with Gasteiger partial charge in [-0.1, -0.05) is 0 Å². The maximum Gasteiger partial charge on any atom is 0.235 e. The minimum absolute atomic E-state index is 0.206. The second-order valence-corrected chi connectivity index (χ2v) is 9.17. The molecule has 0 saturated carbocycles. The molecule has 5 rings (SSSR count). The lowest BCUT2D eigenvalue weighted by Crippen LogP contribution is -2.39. The summed E-state index contributed by atoms with van der Waals surface area (Å²) in [6, 6.07) is 6.00. The molecule has 0 bridgehead atoms. The number of benzene rings is 1. The topological polar surface area (TPSA) is 88.5 Å². The minimum Gasteiger partial charge on any atom is -0.489 e. The van der Waals surface area contributed by atoms with Crippen molar-refractivity contribution in [3.05, 3.63) is 23.9 Å². The quantitative estimate of drug-likeness (QED) is 0.707. The third-order valence-electron chi connectivity index (χ3n) is 6.93. The summed E-state index contributed by atoms with van der Waals surface area (Å²) < 4.78 is 8.13. The third-order valence-corrected chi connectivity index (χ3v) is 6.93. The zero-order valence-corrected chi connectivity index (χ0v) is 18.1. The predicted molar refractivity (Wildman–Crippen MR) is 117 cm³/mol. The fraction of sp³-hybridized carbons (Fsp3) is 0.609. The first-order valence-electron chi connectivity index (χ1n) is 11.5. The number of nitrogens with zero attached hydrogens (tertiary/aromatic N) is 3. The normalized spacial score (nSPS) is 25.8. The minimum atomic E-state index is -0.383. The first-order chi connectivity index (χ1) is 15.1. The van der Waals surface area contributed by atoms with Gasteiger partial charge in [0.1, 0.15) is 11.9 Å². The Hall–Kier alpha value is -2.45. The molecule has 4 heterocycles. The van der Waals surface area contributed by atoms with E-state index in [1.807, 2.05) is 25.2 Å². The number of aryl methyl sites for hydroxylation is 1. The zero-order valence-electron chi connectivity index (χ0n) is 18.1. The van der Waals surface area contributed by atoms with Gasteiger partial charge in [0, 0.05) is 44.6 Å². The van der Waals surface area contributed by atoms with Gasteiger partial charge in [0.2, 0.25) is 11.8 Å². The van der Waals surface area contributed by atoms with Crippen LogP contribution >= 0.6 is 0 Å². The summed E-state index contributed by atoms with van der Waals surface area (Å²) in [5, 5.41) is 11.4. The fourth-order valence-electron chi connectivity index (χ4n) is 5.23. The van der Waals surface area contributed by atoms with Crippen molar-refractivity contribution in [2.24, 2.45) is 13.0 Å². The van der Waals surface area contributed by atoms with Crippen molar-refractivity contribution in [2.75, 3.05) is 32.7 Å². The van der Waals surface area contributed by atoms with Crippen LogP contribution in [0.5, 0.6) is 5.75 Å². The lowest BCUT2D eigenvalue weighted by Gasteiger charge is -2.27. The van der Waals surface area contributed by atoms with E-state index in [-0.39, 0.29) is 23.8 Å². The van der Waals surface area contributed by atoms with E-state index in [1.54, 1.807) is 4.68 Å². The second kappa shape index (κ2) is 8.59. The molecule has 0 spiro atoms. The molecule has 0 aliphatic carbocycles. The van der Waals surface area contributed by atoms with E-state index in [2.05, 4.69) is 20.6 Å². The highest BCUT2D eigenvalue weighted by Gasteiger charge is 2.32. The first-order valence-corrected chi connectivity index (χ1v) is 11.5. The molecule has 166 valence electrons. The van der Waals surface area contributed by atoms with E-state index in [1.165, 1.54) is 19.4 Å². The van der Waals surface area contributed by atoms with Crippen LogP contribution in [0.1, 0.15) is 43.7 Å². The van der Waals surface area contributed by atoms with Gasteiger partial charge in [0.15, 0.2) is 0 Å². The lowest BCUT2D eigenvalue weighted by molar-refractivity contribution is -0.134. The molecule has 3 aliphatic heterocycles. The molecule has 2 atom stereocenters. The summed E-state index contributed by atoms with van der Waals surface area (Å²) in [7, 11) is 1.89. The number of carbonyl (C=O) groups is 2. The number of imide groups is 1. The van der Waals surface area contributed by atoms with Crippen LogP contribution in [0.15, 0.2) is 18.2 Å². The van der Waals surface area contributed by atoms with E-state index in [0.717, 1.165) is 60.9 Å². The van der Waals surface area contributed by atoms with Crippen molar-refractivity contribution in [3.63, 3.8) is 0 Å². The maximum absolute atomic E-state index is 12.3. The average Bonchev–Trinajstić information content (AvgIpc) is 3.33. The number of nitrogens with one attached hydrogen (secondary N) is 2. The second-order valence-electron chi connectivity index (χ2n) is 9.17. The molecule has 3 aliphatic rings. The van der Waals surface area contributed by atoms with Gasteiger partial charge < -0.3 is 10.1 Å². The molecule has 0 radical (unpaired) electrons. The van der Waals surface area contributed by atoms with Gasteiger partial charge >= 0.3 is 0 Å². The van der Waals surface area contributed by atoms with Crippen LogP contribution in [-0.2, 0) is 16.6 Å². The zero-order chi connectivity index (χ0) is 21.4. The van der Waals surface area contributed by atoms with Gasteiger partial charge in [0.25, 0.3) is 0 Å². The fourth-order valence-corrected chi connectivity index (χ4v) is 5.23. The maximum atomic E-state index is 12.3. The molecular weight excluding hydrogens is 394 g/mol. The standard InChI is InChI=1S/C23H31N5O3/c1-27-20-12-16(31-17-8-11-28(14-17)13-15-6-9-24-10-7-15)2-3-18(20)22(26-27)19-4-5-21(29)25-23(19)30/h2-3,12,15,17,19,24H,4-11,13-14H2,1H3,(H,25,29,30)/t17-,19?/m1/s1.